The Bertz CT molecular complexity index is 1200. The van der Waals surface area contributed by atoms with Gasteiger partial charge in [-0.3, -0.25) is 14.9 Å². The van der Waals surface area contributed by atoms with Gasteiger partial charge in [0.2, 0.25) is 5.91 Å². The molecular weight excluding hydrogens is 424 g/mol. The predicted octanol–water partition coefficient (Wildman–Crippen LogP) is 3.71. The number of para-hydroxylation sites is 1. The van der Waals surface area contributed by atoms with Crippen LogP contribution in [-0.4, -0.2) is 38.3 Å². The molecule has 0 saturated heterocycles. The maximum Gasteiger partial charge on any atom is 0.279 e. The molecule has 0 aliphatic carbocycles. The number of carbonyl (C=O) groups is 2. The summed E-state index contributed by atoms with van der Waals surface area (Å²) in [6, 6.07) is 17.5. The lowest BCUT2D eigenvalue weighted by Gasteiger charge is -2.04. The summed E-state index contributed by atoms with van der Waals surface area (Å²) in [5.41, 5.74) is 3.96. The molecule has 0 spiro atoms. The molecule has 8 nitrogen and oxygen atoms in total. The average molecular weight is 447 g/mol. The van der Waals surface area contributed by atoms with Crippen molar-refractivity contribution in [2.45, 2.75) is 19.8 Å². The van der Waals surface area contributed by atoms with Crippen molar-refractivity contribution in [3.05, 3.63) is 77.4 Å². The summed E-state index contributed by atoms with van der Waals surface area (Å²) < 4.78 is 0. The fraction of sp³-hybridized carbons (Fsp3) is 0.174. The van der Waals surface area contributed by atoms with Gasteiger partial charge in [0.15, 0.2) is 10.8 Å². The topological polar surface area (TPSA) is 102 Å². The number of hydrogen-bond donors (Lipinski definition) is 2. The van der Waals surface area contributed by atoms with Gasteiger partial charge < -0.3 is 5.32 Å². The third kappa shape index (κ3) is 5.44. The lowest BCUT2D eigenvalue weighted by Crippen LogP contribution is -2.21. The molecule has 0 bridgehead atoms. The first kappa shape index (κ1) is 21.4. The number of aromatic nitrogens is 4. The zero-order valence-corrected chi connectivity index (χ0v) is 18.3. The van der Waals surface area contributed by atoms with Gasteiger partial charge in [-0.05, 0) is 30.5 Å². The van der Waals surface area contributed by atoms with Gasteiger partial charge in [0.05, 0.1) is 17.6 Å². The Balaban J connectivity index is 1.35. The van der Waals surface area contributed by atoms with Gasteiger partial charge in [0, 0.05) is 24.4 Å². The molecule has 32 heavy (non-hydrogen) atoms. The zero-order chi connectivity index (χ0) is 22.3. The third-order valence-corrected chi connectivity index (χ3v) is 5.46. The molecular formula is C23H22N6O2S. The molecule has 0 saturated carbocycles. The summed E-state index contributed by atoms with van der Waals surface area (Å²) in [4.78, 5) is 29.4. The number of thiazole rings is 1. The molecule has 2 N–H and O–H groups in total. The number of amides is 2. The summed E-state index contributed by atoms with van der Waals surface area (Å²) in [7, 11) is 0. The van der Waals surface area contributed by atoms with E-state index in [1.807, 2.05) is 47.8 Å². The number of hydrogen-bond acceptors (Lipinski definition) is 6. The summed E-state index contributed by atoms with van der Waals surface area (Å²) in [5, 5.41) is 16.4. The average Bonchev–Trinajstić information content (AvgIpc) is 3.48. The van der Waals surface area contributed by atoms with Crippen LogP contribution >= 0.6 is 11.3 Å². The Morgan fingerprint density at radius 1 is 1.06 bits per heavy atom. The monoisotopic (exact) mass is 446 g/mol. The molecule has 2 heterocycles. The summed E-state index contributed by atoms with van der Waals surface area (Å²) in [5.74, 6) is -0.366. The predicted molar refractivity (Wildman–Crippen MR) is 124 cm³/mol. The van der Waals surface area contributed by atoms with E-state index in [0.717, 1.165) is 29.8 Å². The van der Waals surface area contributed by atoms with Crippen molar-refractivity contribution >= 4 is 28.3 Å². The lowest BCUT2D eigenvalue weighted by atomic mass is 10.1. The minimum Gasteiger partial charge on any atom is -0.356 e. The SMILES string of the molecule is CC(=O)NCCCc1ccc(-c2csc(NC(=O)c3cnn(-c4ccccc4)n3)n2)cc1. The lowest BCUT2D eigenvalue weighted by molar-refractivity contribution is -0.118. The molecule has 2 aromatic carbocycles. The van der Waals surface area contributed by atoms with Crippen molar-refractivity contribution in [2.75, 3.05) is 11.9 Å². The highest BCUT2D eigenvalue weighted by molar-refractivity contribution is 7.14. The minimum atomic E-state index is -0.359. The van der Waals surface area contributed by atoms with Gasteiger partial charge in [0.1, 0.15) is 0 Å². The molecule has 162 valence electrons. The number of rotatable bonds is 8. The van der Waals surface area contributed by atoms with Gasteiger partial charge in [-0.15, -0.1) is 16.4 Å². The Hall–Kier alpha value is -3.85. The number of anilines is 1. The normalized spacial score (nSPS) is 10.7. The molecule has 9 heteroatoms. The van der Waals surface area contributed by atoms with Crippen molar-refractivity contribution < 1.29 is 9.59 Å². The molecule has 0 atom stereocenters. The van der Waals surface area contributed by atoms with E-state index in [0.29, 0.717) is 11.7 Å². The quantitative estimate of drug-likeness (QED) is 0.402. The molecule has 4 aromatic rings. The summed E-state index contributed by atoms with van der Waals surface area (Å²) in [6.45, 7) is 2.19. The maximum absolute atomic E-state index is 12.5. The van der Waals surface area contributed by atoms with Crippen LogP contribution in [0, 0.1) is 0 Å². The Morgan fingerprint density at radius 3 is 2.59 bits per heavy atom. The van der Waals surface area contributed by atoms with Gasteiger partial charge in [-0.2, -0.15) is 9.90 Å². The van der Waals surface area contributed by atoms with Crippen LogP contribution in [0.3, 0.4) is 0 Å². The van der Waals surface area contributed by atoms with Crippen LogP contribution in [0.2, 0.25) is 0 Å². The fourth-order valence-corrected chi connectivity index (χ4v) is 3.79. The molecule has 0 radical (unpaired) electrons. The molecule has 0 unspecified atom stereocenters. The van der Waals surface area contributed by atoms with Crippen LogP contribution in [0.5, 0.6) is 0 Å². The smallest absolute Gasteiger partial charge is 0.279 e. The van der Waals surface area contributed by atoms with E-state index in [2.05, 4.69) is 37.9 Å². The zero-order valence-electron chi connectivity index (χ0n) is 17.5. The van der Waals surface area contributed by atoms with Gasteiger partial charge in [-0.1, -0.05) is 42.5 Å². The van der Waals surface area contributed by atoms with Crippen LogP contribution in [0.4, 0.5) is 5.13 Å². The van der Waals surface area contributed by atoms with E-state index in [4.69, 9.17) is 0 Å². The summed E-state index contributed by atoms with van der Waals surface area (Å²) in [6.07, 6.45) is 3.21. The first-order valence-corrected chi connectivity index (χ1v) is 11.0. The minimum absolute atomic E-state index is 0.00687. The highest BCUT2D eigenvalue weighted by Gasteiger charge is 2.14. The van der Waals surface area contributed by atoms with Crippen molar-refractivity contribution in [2.24, 2.45) is 0 Å². The number of aryl methyl sites for hydroxylation is 1. The standard InChI is InChI=1S/C23H22N6O2S/c1-16(30)24-13-5-6-17-9-11-18(12-10-17)21-15-32-23(26-21)27-22(31)20-14-25-29(28-20)19-7-3-2-4-8-19/h2-4,7-12,14-15H,5-6,13H2,1H3,(H,24,30)(H,26,27,31). The Labute approximate surface area is 189 Å². The third-order valence-electron chi connectivity index (χ3n) is 4.70. The van der Waals surface area contributed by atoms with Crippen molar-refractivity contribution in [3.8, 4) is 16.9 Å². The van der Waals surface area contributed by atoms with Gasteiger partial charge in [0.25, 0.3) is 5.91 Å². The Kier molecular flexibility index (Phi) is 6.66. The van der Waals surface area contributed by atoms with Crippen molar-refractivity contribution in [1.29, 1.82) is 0 Å². The van der Waals surface area contributed by atoms with Crippen LogP contribution in [0.25, 0.3) is 16.9 Å². The van der Waals surface area contributed by atoms with Crippen molar-refractivity contribution in [1.82, 2.24) is 25.3 Å². The second-order valence-corrected chi connectivity index (χ2v) is 7.99. The second-order valence-electron chi connectivity index (χ2n) is 7.13. The second kappa shape index (κ2) is 9.97. The van der Waals surface area contributed by atoms with E-state index >= 15 is 0 Å². The van der Waals surface area contributed by atoms with Crippen LogP contribution in [0.1, 0.15) is 29.4 Å². The van der Waals surface area contributed by atoms with Crippen LogP contribution in [0.15, 0.2) is 66.2 Å². The maximum atomic E-state index is 12.5. The van der Waals surface area contributed by atoms with Gasteiger partial charge >= 0.3 is 0 Å². The van der Waals surface area contributed by atoms with Gasteiger partial charge in [-0.25, -0.2) is 4.98 Å². The number of benzene rings is 2. The summed E-state index contributed by atoms with van der Waals surface area (Å²) >= 11 is 1.36. The largest absolute Gasteiger partial charge is 0.356 e. The van der Waals surface area contributed by atoms with E-state index in [-0.39, 0.29) is 17.5 Å². The van der Waals surface area contributed by atoms with E-state index in [1.165, 1.54) is 34.8 Å². The number of nitrogens with zero attached hydrogens (tertiary/aromatic N) is 4. The first-order valence-electron chi connectivity index (χ1n) is 10.2. The molecule has 4 rings (SSSR count). The molecule has 0 aliphatic heterocycles. The fourth-order valence-electron chi connectivity index (χ4n) is 3.08. The van der Waals surface area contributed by atoms with Crippen LogP contribution in [-0.2, 0) is 11.2 Å². The highest BCUT2D eigenvalue weighted by Crippen LogP contribution is 2.25. The van der Waals surface area contributed by atoms with Crippen molar-refractivity contribution in [3.63, 3.8) is 0 Å². The Morgan fingerprint density at radius 2 is 1.84 bits per heavy atom. The van der Waals surface area contributed by atoms with Crippen LogP contribution < -0.4 is 10.6 Å². The van der Waals surface area contributed by atoms with E-state index < -0.39 is 0 Å². The first-order chi connectivity index (χ1) is 15.6. The van der Waals surface area contributed by atoms with E-state index in [1.54, 1.807) is 0 Å². The molecule has 0 fully saturated rings. The van der Waals surface area contributed by atoms with E-state index in [9.17, 15) is 9.59 Å². The molecule has 2 aromatic heterocycles. The number of carbonyl (C=O) groups excluding carboxylic acids is 2. The molecule has 0 aliphatic rings. The number of nitrogens with one attached hydrogen (secondary N) is 2. The highest BCUT2D eigenvalue weighted by atomic mass is 32.1. The molecule has 2 amide bonds.